The predicted molar refractivity (Wildman–Crippen MR) is 96.0 cm³/mol. The number of morpholine rings is 1. The summed E-state index contributed by atoms with van der Waals surface area (Å²) in [7, 11) is 0. The summed E-state index contributed by atoms with van der Waals surface area (Å²) in [5, 5.41) is 4.73. The van der Waals surface area contributed by atoms with E-state index in [9.17, 15) is 4.79 Å². The number of halogens is 1. The molecule has 0 spiro atoms. The van der Waals surface area contributed by atoms with Crippen molar-refractivity contribution in [2.24, 2.45) is 0 Å². The van der Waals surface area contributed by atoms with E-state index >= 15 is 0 Å². The number of aryl methyl sites for hydroxylation is 1. The van der Waals surface area contributed by atoms with E-state index in [0.29, 0.717) is 32.7 Å². The van der Waals surface area contributed by atoms with Crippen molar-refractivity contribution in [3.63, 3.8) is 0 Å². The Morgan fingerprint density at radius 3 is 3.08 bits per heavy atom. The summed E-state index contributed by atoms with van der Waals surface area (Å²) in [5.41, 5.74) is 2.05. The Hall–Kier alpha value is -1.56. The van der Waals surface area contributed by atoms with E-state index < -0.39 is 0 Å². The lowest BCUT2D eigenvalue weighted by Gasteiger charge is -2.33. The summed E-state index contributed by atoms with van der Waals surface area (Å²) >= 11 is 7.63. The fourth-order valence-corrected chi connectivity index (χ4v) is 3.41. The van der Waals surface area contributed by atoms with Crippen LogP contribution in [0.5, 0.6) is 5.75 Å². The first kappa shape index (κ1) is 17.3. The first-order chi connectivity index (χ1) is 11.6. The molecule has 0 saturated carbocycles. The molecule has 1 fully saturated rings. The number of carbonyl (C=O) groups excluding carboxylic acids is 1. The summed E-state index contributed by atoms with van der Waals surface area (Å²) in [6, 6.07) is 7.57. The molecular weight excluding hydrogens is 346 g/mol. The molecule has 4 nitrogen and oxygen atoms in total. The number of nitrogens with zero attached hydrogens (tertiary/aromatic N) is 1. The van der Waals surface area contributed by atoms with Crippen LogP contribution in [0.15, 0.2) is 35.0 Å². The van der Waals surface area contributed by atoms with Gasteiger partial charge in [0.25, 0.3) is 0 Å². The molecule has 0 aliphatic carbocycles. The smallest absolute Gasteiger partial charge is 0.227 e. The number of ether oxygens (including phenoxy) is 2. The molecular formula is C18H20ClNO3S. The summed E-state index contributed by atoms with van der Waals surface area (Å²) < 4.78 is 11.5. The quantitative estimate of drug-likeness (QED) is 0.813. The third-order valence-electron chi connectivity index (χ3n) is 3.99. The van der Waals surface area contributed by atoms with E-state index in [1.54, 1.807) is 11.3 Å². The number of thiophene rings is 1. The van der Waals surface area contributed by atoms with Gasteiger partial charge in [0.1, 0.15) is 18.5 Å². The van der Waals surface area contributed by atoms with Crippen LogP contribution >= 0.6 is 22.9 Å². The normalized spacial score (nSPS) is 17.8. The first-order valence-electron chi connectivity index (χ1n) is 7.91. The van der Waals surface area contributed by atoms with Gasteiger partial charge in [-0.25, -0.2) is 0 Å². The Balaban J connectivity index is 1.51. The Morgan fingerprint density at radius 1 is 1.46 bits per heavy atom. The van der Waals surface area contributed by atoms with Crippen molar-refractivity contribution >= 4 is 28.8 Å². The van der Waals surface area contributed by atoms with E-state index in [-0.39, 0.29) is 12.0 Å². The number of hydrogen-bond acceptors (Lipinski definition) is 4. The highest BCUT2D eigenvalue weighted by Gasteiger charge is 2.24. The lowest BCUT2D eigenvalue weighted by atomic mass is 10.2. The molecule has 24 heavy (non-hydrogen) atoms. The predicted octanol–water partition coefficient (Wildman–Crippen LogP) is 3.56. The van der Waals surface area contributed by atoms with Crippen molar-refractivity contribution in [2.75, 3.05) is 26.3 Å². The maximum absolute atomic E-state index is 12.4. The number of amides is 1. The number of carbonyl (C=O) groups is 1. The van der Waals surface area contributed by atoms with Crippen molar-refractivity contribution in [1.82, 2.24) is 4.90 Å². The van der Waals surface area contributed by atoms with E-state index in [1.807, 2.05) is 46.8 Å². The molecule has 0 radical (unpaired) electrons. The minimum atomic E-state index is -0.110. The topological polar surface area (TPSA) is 38.8 Å². The lowest BCUT2D eigenvalue weighted by Crippen LogP contribution is -2.48. The highest BCUT2D eigenvalue weighted by molar-refractivity contribution is 7.08. The van der Waals surface area contributed by atoms with Crippen LogP contribution in [-0.2, 0) is 16.0 Å². The third-order valence-corrected chi connectivity index (χ3v) is 5.15. The molecule has 1 aliphatic rings. The van der Waals surface area contributed by atoms with Crippen LogP contribution in [0.2, 0.25) is 5.02 Å². The van der Waals surface area contributed by atoms with Gasteiger partial charge in [0.15, 0.2) is 0 Å². The maximum Gasteiger partial charge on any atom is 0.227 e. The van der Waals surface area contributed by atoms with Crippen LogP contribution in [0, 0.1) is 6.92 Å². The van der Waals surface area contributed by atoms with Gasteiger partial charge in [-0.1, -0.05) is 11.6 Å². The molecule has 2 aromatic rings. The standard InChI is InChI=1S/C18H20ClNO3S/c1-13-8-15(2-3-17(13)19)23-11-16-10-20(5-6-22-16)18(21)9-14-4-7-24-12-14/h2-4,7-8,12,16H,5-6,9-11H2,1H3. The molecule has 1 aliphatic heterocycles. The zero-order valence-electron chi connectivity index (χ0n) is 13.5. The average Bonchev–Trinajstić information content (AvgIpc) is 3.09. The number of rotatable bonds is 5. The summed E-state index contributed by atoms with van der Waals surface area (Å²) in [6.07, 6.45) is 0.342. The molecule has 3 rings (SSSR count). The third kappa shape index (κ3) is 4.50. The number of benzene rings is 1. The monoisotopic (exact) mass is 365 g/mol. The van der Waals surface area contributed by atoms with Crippen LogP contribution in [0.1, 0.15) is 11.1 Å². The van der Waals surface area contributed by atoms with Gasteiger partial charge in [0.05, 0.1) is 19.6 Å². The Bertz CT molecular complexity index is 690. The zero-order valence-corrected chi connectivity index (χ0v) is 15.1. The lowest BCUT2D eigenvalue weighted by molar-refractivity contribution is -0.139. The maximum atomic E-state index is 12.4. The molecule has 1 atom stereocenters. The highest BCUT2D eigenvalue weighted by atomic mass is 35.5. The second-order valence-corrected chi connectivity index (χ2v) is 7.05. The van der Waals surface area contributed by atoms with Crippen LogP contribution in [0.3, 0.4) is 0 Å². The van der Waals surface area contributed by atoms with Crippen LogP contribution in [0.4, 0.5) is 0 Å². The second-order valence-electron chi connectivity index (χ2n) is 5.86. The van der Waals surface area contributed by atoms with Gasteiger partial charge in [0, 0.05) is 11.6 Å². The second kappa shape index (κ2) is 8.01. The summed E-state index contributed by atoms with van der Waals surface area (Å²) in [6.45, 7) is 4.11. The van der Waals surface area contributed by atoms with Crippen LogP contribution in [0.25, 0.3) is 0 Å². The van der Waals surface area contributed by atoms with Gasteiger partial charge in [-0.05, 0) is 53.1 Å². The molecule has 0 bridgehead atoms. The molecule has 1 unspecified atom stereocenters. The molecule has 2 heterocycles. The molecule has 1 saturated heterocycles. The molecule has 1 amide bonds. The van der Waals surface area contributed by atoms with Gasteiger partial charge >= 0.3 is 0 Å². The fourth-order valence-electron chi connectivity index (χ4n) is 2.62. The van der Waals surface area contributed by atoms with Gasteiger partial charge in [-0.2, -0.15) is 11.3 Å². The summed E-state index contributed by atoms with van der Waals surface area (Å²) in [4.78, 5) is 14.3. The van der Waals surface area contributed by atoms with Gasteiger partial charge < -0.3 is 14.4 Å². The van der Waals surface area contributed by atoms with Crippen molar-refractivity contribution in [1.29, 1.82) is 0 Å². The SMILES string of the molecule is Cc1cc(OCC2CN(C(=O)Cc3ccsc3)CCO2)ccc1Cl. The largest absolute Gasteiger partial charge is 0.491 e. The van der Waals surface area contributed by atoms with Crippen LogP contribution in [-0.4, -0.2) is 43.2 Å². The first-order valence-corrected chi connectivity index (χ1v) is 9.23. The van der Waals surface area contributed by atoms with Crippen LogP contribution < -0.4 is 4.74 Å². The fraction of sp³-hybridized carbons (Fsp3) is 0.389. The van der Waals surface area contributed by atoms with Crippen molar-refractivity contribution < 1.29 is 14.3 Å². The molecule has 6 heteroatoms. The highest BCUT2D eigenvalue weighted by Crippen LogP contribution is 2.21. The van der Waals surface area contributed by atoms with E-state index in [0.717, 1.165) is 21.9 Å². The van der Waals surface area contributed by atoms with Gasteiger partial charge in [-0.3, -0.25) is 4.79 Å². The van der Waals surface area contributed by atoms with E-state index in [4.69, 9.17) is 21.1 Å². The summed E-state index contributed by atoms with van der Waals surface area (Å²) in [5.74, 6) is 0.909. The zero-order chi connectivity index (χ0) is 16.9. The van der Waals surface area contributed by atoms with Crippen molar-refractivity contribution in [2.45, 2.75) is 19.4 Å². The molecule has 1 aromatic carbocycles. The Labute approximate surface area is 150 Å². The van der Waals surface area contributed by atoms with Gasteiger partial charge in [0.2, 0.25) is 5.91 Å². The van der Waals surface area contributed by atoms with E-state index in [1.165, 1.54) is 0 Å². The minimum absolute atomic E-state index is 0.110. The van der Waals surface area contributed by atoms with E-state index in [2.05, 4.69) is 0 Å². The Kier molecular flexibility index (Phi) is 5.76. The van der Waals surface area contributed by atoms with Gasteiger partial charge in [-0.15, -0.1) is 0 Å². The average molecular weight is 366 g/mol. The minimum Gasteiger partial charge on any atom is -0.491 e. The number of hydrogen-bond donors (Lipinski definition) is 0. The Morgan fingerprint density at radius 2 is 2.33 bits per heavy atom. The van der Waals surface area contributed by atoms with Crippen molar-refractivity contribution in [3.8, 4) is 5.75 Å². The molecule has 0 N–H and O–H groups in total. The van der Waals surface area contributed by atoms with Crippen molar-refractivity contribution in [3.05, 3.63) is 51.2 Å². The molecule has 128 valence electrons. The molecule has 1 aromatic heterocycles.